The van der Waals surface area contributed by atoms with Gasteiger partial charge in [0.15, 0.2) is 5.82 Å². The highest BCUT2D eigenvalue weighted by Gasteiger charge is 2.29. The van der Waals surface area contributed by atoms with Gasteiger partial charge in [0.2, 0.25) is 10.0 Å². The summed E-state index contributed by atoms with van der Waals surface area (Å²) in [4.78, 5) is 2.28. The molecule has 2 aromatic carbocycles. The second kappa shape index (κ2) is 9.63. The van der Waals surface area contributed by atoms with Crippen molar-refractivity contribution in [1.82, 2.24) is 14.5 Å². The Kier molecular flexibility index (Phi) is 6.66. The summed E-state index contributed by atoms with van der Waals surface area (Å²) in [6.07, 6.45) is 0. The Hall–Kier alpha value is -3.37. The van der Waals surface area contributed by atoms with Crippen LogP contribution in [0.3, 0.4) is 0 Å². The van der Waals surface area contributed by atoms with Gasteiger partial charge in [-0.05, 0) is 54.6 Å². The molecule has 0 aliphatic carbocycles. The van der Waals surface area contributed by atoms with Crippen molar-refractivity contribution in [1.29, 1.82) is 0 Å². The second-order valence-electron chi connectivity index (χ2n) is 7.41. The first-order valence-electron chi connectivity index (χ1n) is 10.4. The summed E-state index contributed by atoms with van der Waals surface area (Å²) in [5, 5.41) is 8.74. The topological polar surface area (TPSA) is 94.1 Å². The molecule has 0 amide bonds. The molecule has 4 rings (SSSR count). The largest absolute Gasteiger partial charge is 0.497 e. The molecule has 0 unspecified atom stereocenters. The minimum Gasteiger partial charge on any atom is -0.497 e. The van der Waals surface area contributed by atoms with Crippen LogP contribution in [0.15, 0.2) is 59.5 Å². The van der Waals surface area contributed by atoms with Crippen LogP contribution in [0.2, 0.25) is 0 Å². The molecular weight excluding hydrogens is 444 g/mol. The Labute approximate surface area is 193 Å². The Morgan fingerprint density at radius 2 is 1.42 bits per heavy atom. The average molecular weight is 471 g/mol. The molecule has 0 atom stereocenters. The van der Waals surface area contributed by atoms with Gasteiger partial charge in [0.1, 0.15) is 17.2 Å². The average Bonchev–Trinajstić information content (AvgIpc) is 2.88. The summed E-state index contributed by atoms with van der Waals surface area (Å²) < 4.78 is 43.3. The predicted octanol–water partition coefficient (Wildman–Crippen LogP) is 2.68. The molecule has 2 heterocycles. The fourth-order valence-electron chi connectivity index (χ4n) is 3.71. The molecule has 3 aromatic rings. The summed E-state index contributed by atoms with van der Waals surface area (Å²) >= 11 is 0. The number of hydrogen-bond donors (Lipinski definition) is 0. The normalized spacial score (nSPS) is 14.7. The van der Waals surface area contributed by atoms with Crippen LogP contribution in [-0.4, -0.2) is 70.4 Å². The number of aromatic nitrogens is 2. The van der Waals surface area contributed by atoms with E-state index in [4.69, 9.17) is 14.2 Å². The molecule has 0 bridgehead atoms. The van der Waals surface area contributed by atoms with E-state index in [0.717, 1.165) is 5.56 Å². The van der Waals surface area contributed by atoms with Gasteiger partial charge in [-0.15, -0.1) is 10.2 Å². The third-order valence-corrected chi connectivity index (χ3v) is 7.51. The van der Waals surface area contributed by atoms with Crippen molar-refractivity contribution in [3.05, 3.63) is 54.6 Å². The van der Waals surface area contributed by atoms with Crippen LogP contribution < -0.4 is 19.1 Å². The van der Waals surface area contributed by atoms with Crippen molar-refractivity contribution in [2.24, 2.45) is 0 Å². The molecule has 174 valence electrons. The van der Waals surface area contributed by atoms with Gasteiger partial charge >= 0.3 is 0 Å². The number of piperazine rings is 1. The fourth-order valence-corrected chi connectivity index (χ4v) is 5.13. The molecule has 1 aliphatic rings. The lowest BCUT2D eigenvalue weighted by molar-refractivity contribution is 0.383. The van der Waals surface area contributed by atoms with Gasteiger partial charge in [-0.1, -0.05) is 0 Å². The summed E-state index contributed by atoms with van der Waals surface area (Å²) in [6, 6.07) is 15.7. The Morgan fingerprint density at radius 3 is 2.00 bits per heavy atom. The lowest BCUT2D eigenvalue weighted by Gasteiger charge is -2.34. The highest BCUT2D eigenvalue weighted by molar-refractivity contribution is 7.89. The molecule has 0 N–H and O–H groups in total. The molecule has 1 aliphatic heterocycles. The quantitative estimate of drug-likeness (QED) is 0.520. The summed E-state index contributed by atoms with van der Waals surface area (Å²) in [5.41, 5.74) is 1.45. The molecule has 0 spiro atoms. The summed E-state index contributed by atoms with van der Waals surface area (Å²) in [6.45, 7) is 1.76. The van der Waals surface area contributed by atoms with Gasteiger partial charge < -0.3 is 19.1 Å². The minimum atomic E-state index is -3.56. The van der Waals surface area contributed by atoms with Gasteiger partial charge in [-0.2, -0.15) is 4.31 Å². The fraction of sp³-hybridized carbons (Fsp3) is 0.304. The van der Waals surface area contributed by atoms with Crippen LogP contribution in [0.1, 0.15) is 0 Å². The Balaban J connectivity index is 1.45. The number of sulfonamides is 1. The number of benzene rings is 2. The van der Waals surface area contributed by atoms with E-state index < -0.39 is 10.0 Å². The Bertz CT molecular complexity index is 1190. The van der Waals surface area contributed by atoms with Crippen LogP contribution in [0, 0.1) is 0 Å². The molecule has 33 heavy (non-hydrogen) atoms. The van der Waals surface area contributed by atoms with E-state index in [1.807, 2.05) is 35.2 Å². The van der Waals surface area contributed by atoms with Crippen molar-refractivity contribution in [2.75, 3.05) is 52.4 Å². The third-order valence-electron chi connectivity index (χ3n) is 5.59. The van der Waals surface area contributed by atoms with E-state index in [2.05, 4.69) is 10.2 Å². The molecule has 1 aromatic heterocycles. The smallest absolute Gasteiger partial charge is 0.243 e. The molecule has 10 heteroatoms. The standard InChI is InChI=1S/C23H26N4O5S/c1-30-17-4-7-19(8-5-17)33(28,29)27-14-12-26(13-15-27)23-11-9-21(24-25-23)20-16-18(31-2)6-10-22(20)32-3/h4-11,16H,12-15H2,1-3H3. The second-order valence-corrected chi connectivity index (χ2v) is 9.35. The number of rotatable bonds is 7. The van der Waals surface area contributed by atoms with Crippen molar-refractivity contribution in [3.8, 4) is 28.5 Å². The van der Waals surface area contributed by atoms with E-state index >= 15 is 0 Å². The maximum absolute atomic E-state index is 13.0. The van der Waals surface area contributed by atoms with Crippen molar-refractivity contribution in [2.45, 2.75) is 4.90 Å². The number of methoxy groups -OCH3 is 3. The van der Waals surface area contributed by atoms with Gasteiger partial charge in [-0.3, -0.25) is 0 Å². The molecule has 1 fully saturated rings. The molecular formula is C23H26N4O5S. The highest BCUT2D eigenvalue weighted by Crippen LogP contribution is 2.32. The van der Waals surface area contributed by atoms with E-state index in [1.165, 1.54) is 4.31 Å². The van der Waals surface area contributed by atoms with Crippen molar-refractivity contribution in [3.63, 3.8) is 0 Å². The van der Waals surface area contributed by atoms with Gasteiger partial charge in [0.05, 0.1) is 31.9 Å². The zero-order valence-electron chi connectivity index (χ0n) is 18.8. The molecule has 1 saturated heterocycles. The molecule has 0 radical (unpaired) electrons. The maximum atomic E-state index is 13.0. The van der Waals surface area contributed by atoms with E-state index in [-0.39, 0.29) is 4.90 Å². The number of hydrogen-bond acceptors (Lipinski definition) is 8. The molecule has 9 nitrogen and oxygen atoms in total. The Morgan fingerprint density at radius 1 is 0.758 bits per heavy atom. The summed E-state index contributed by atoms with van der Waals surface area (Å²) in [5.74, 6) is 2.69. The van der Waals surface area contributed by atoms with Crippen LogP contribution in [0.4, 0.5) is 5.82 Å². The van der Waals surface area contributed by atoms with Crippen LogP contribution in [0.25, 0.3) is 11.3 Å². The monoisotopic (exact) mass is 470 g/mol. The maximum Gasteiger partial charge on any atom is 0.243 e. The van der Waals surface area contributed by atoms with Crippen LogP contribution in [0.5, 0.6) is 17.2 Å². The van der Waals surface area contributed by atoms with E-state index in [1.54, 1.807) is 45.6 Å². The van der Waals surface area contributed by atoms with Crippen LogP contribution >= 0.6 is 0 Å². The van der Waals surface area contributed by atoms with Crippen molar-refractivity contribution >= 4 is 15.8 Å². The van der Waals surface area contributed by atoms with Gasteiger partial charge in [0.25, 0.3) is 0 Å². The minimum absolute atomic E-state index is 0.258. The molecule has 0 saturated carbocycles. The number of anilines is 1. The van der Waals surface area contributed by atoms with Gasteiger partial charge in [-0.25, -0.2) is 8.42 Å². The van der Waals surface area contributed by atoms with Gasteiger partial charge in [0, 0.05) is 31.7 Å². The van der Waals surface area contributed by atoms with Crippen molar-refractivity contribution < 1.29 is 22.6 Å². The first-order valence-corrected chi connectivity index (χ1v) is 11.9. The third kappa shape index (κ3) is 4.71. The first-order chi connectivity index (χ1) is 16.0. The highest BCUT2D eigenvalue weighted by atomic mass is 32.2. The SMILES string of the molecule is COc1ccc(S(=O)(=O)N2CCN(c3ccc(-c4cc(OC)ccc4OC)nn3)CC2)cc1. The number of ether oxygens (including phenoxy) is 3. The summed E-state index contributed by atoms with van der Waals surface area (Å²) in [7, 11) is 1.20. The first kappa shape index (κ1) is 22.8. The predicted molar refractivity (Wildman–Crippen MR) is 125 cm³/mol. The number of nitrogens with zero attached hydrogens (tertiary/aromatic N) is 4. The van der Waals surface area contributed by atoms with E-state index in [9.17, 15) is 8.42 Å². The lowest BCUT2D eigenvalue weighted by atomic mass is 10.1. The zero-order chi connectivity index (χ0) is 23.4. The zero-order valence-corrected chi connectivity index (χ0v) is 19.6. The lowest BCUT2D eigenvalue weighted by Crippen LogP contribution is -2.48. The van der Waals surface area contributed by atoms with E-state index in [0.29, 0.717) is 54.9 Å². The van der Waals surface area contributed by atoms with Crippen LogP contribution in [-0.2, 0) is 10.0 Å².